The first-order valence-corrected chi connectivity index (χ1v) is 10.2. The Labute approximate surface area is 184 Å². The average molecular weight is 463 g/mol. The van der Waals surface area contributed by atoms with E-state index in [-0.39, 0.29) is 19.0 Å². The number of hydrogen-bond acceptors (Lipinski definition) is 10. The van der Waals surface area contributed by atoms with E-state index >= 15 is 0 Å². The molecule has 12 heteroatoms. The van der Waals surface area contributed by atoms with Gasteiger partial charge < -0.3 is 48.0 Å². The maximum Gasteiger partial charge on any atom is 0.225 e. The summed E-state index contributed by atoms with van der Waals surface area (Å²) in [6.45, 7) is 4.09. The zero-order valence-corrected chi connectivity index (χ0v) is 18.3. The van der Waals surface area contributed by atoms with Crippen molar-refractivity contribution in [2.24, 2.45) is 0 Å². The molecule has 10 nitrogen and oxygen atoms in total. The number of rotatable bonds is 7. The van der Waals surface area contributed by atoms with Crippen LogP contribution in [0.5, 0.6) is 0 Å². The molecule has 30 heavy (non-hydrogen) atoms. The second-order valence-corrected chi connectivity index (χ2v) is 7.94. The molecule has 0 saturated carbocycles. The van der Waals surface area contributed by atoms with Gasteiger partial charge in [0.15, 0.2) is 18.5 Å². The van der Waals surface area contributed by atoms with E-state index in [2.05, 4.69) is 14.5 Å². The third-order valence-corrected chi connectivity index (χ3v) is 6.12. The quantitative estimate of drug-likeness (QED) is 0.256. The minimum absolute atomic E-state index is 0. The van der Waals surface area contributed by atoms with Gasteiger partial charge in [-0.2, -0.15) is 4.57 Å². The number of nitrogen functional groups attached to an aromatic ring is 1. The van der Waals surface area contributed by atoms with E-state index in [9.17, 15) is 20.4 Å². The van der Waals surface area contributed by atoms with Crippen LogP contribution >= 0.6 is 11.3 Å². The standard InChI is InChI=1S/C18H27N4O6S.ClH/c1-9-13(29-8-22(9)6-11-5-20-10(2)21-17(11)19)3-4-27-18-16(26)15(25)14(24)12(7-23)28-18;/h5,8,12,14-16,18,23-26H,3-4,6-7H2,1-2H3,(H2,19,20,21);1H/q+1;/p-1. The Morgan fingerprint density at radius 2 is 1.97 bits per heavy atom. The van der Waals surface area contributed by atoms with Gasteiger partial charge in [-0.3, -0.25) is 0 Å². The number of anilines is 1. The summed E-state index contributed by atoms with van der Waals surface area (Å²) < 4.78 is 13.0. The number of thiazole rings is 1. The fourth-order valence-electron chi connectivity index (χ4n) is 3.14. The molecule has 6 N–H and O–H groups in total. The van der Waals surface area contributed by atoms with Gasteiger partial charge in [0.25, 0.3) is 0 Å². The topological polar surface area (TPSA) is 155 Å². The van der Waals surface area contributed by atoms with Crippen molar-refractivity contribution in [1.82, 2.24) is 9.97 Å². The molecular weight excluding hydrogens is 436 g/mol. The highest BCUT2D eigenvalue weighted by atomic mass is 35.5. The highest BCUT2D eigenvalue weighted by Crippen LogP contribution is 2.22. The average Bonchev–Trinajstić information content (AvgIpc) is 3.03. The van der Waals surface area contributed by atoms with Crippen LogP contribution < -0.4 is 22.7 Å². The Bertz CT molecular complexity index is 839. The molecule has 1 aliphatic heterocycles. The molecular formula is C18H27ClN4O6S. The van der Waals surface area contributed by atoms with Crippen molar-refractivity contribution in [1.29, 1.82) is 0 Å². The number of ether oxygens (including phenoxy) is 2. The minimum Gasteiger partial charge on any atom is -1.00 e. The molecule has 3 rings (SSSR count). The highest BCUT2D eigenvalue weighted by Gasteiger charge is 2.43. The predicted octanol–water partition coefficient (Wildman–Crippen LogP) is -4.56. The maximum atomic E-state index is 10.0. The van der Waals surface area contributed by atoms with E-state index in [0.717, 1.165) is 16.1 Å². The first-order valence-electron chi connectivity index (χ1n) is 9.28. The minimum atomic E-state index is -1.45. The molecule has 0 amide bonds. The van der Waals surface area contributed by atoms with E-state index in [0.29, 0.717) is 24.6 Å². The number of aromatic nitrogens is 3. The number of nitrogens with two attached hydrogens (primary N) is 1. The fraction of sp³-hybridized carbons (Fsp3) is 0.611. The monoisotopic (exact) mass is 462 g/mol. The lowest BCUT2D eigenvalue weighted by atomic mass is 9.99. The molecule has 168 valence electrons. The number of halogens is 1. The summed E-state index contributed by atoms with van der Waals surface area (Å²) in [5.74, 6) is 1.09. The zero-order chi connectivity index (χ0) is 21.1. The fourth-order valence-corrected chi connectivity index (χ4v) is 4.11. The lowest BCUT2D eigenvalue weighted by Gasteiger charge is -2.39. The lowest BCUT2D eigenvalue weighted by Crippen LogP contribution is -3.00. The molecule has 5 atom stereocenters. The van der Waals surface area contributed by atoms with E-state index < -0.39 is 37.3 Å². The molecule has 0 aliphatic carbocycles. The summed E-state index contributed by atoms with van der Waals surface area (Å²) in [5.41, 5.74) is 9.84. The number of aliphatic hydroxyl groups is 4. The molecule has 0 aromatic carbocycles. The van der Waals surface area contributed by atoms with Gasteiger partial charge in [0.05, 0.1) is 23.7 Å². The number of hydrogen-bond donors (Lipinski definition) is 5. The Morgan fingerprint density at radius 3 is 2.63 bits per heavy atom. The van der Waals surface area contributed by atoms with Crippen LogP contribution in [0, 0.1) is 13.8 Å². The van der Waals surface area contributed by atoms with Crippen molar-refractivity contribution in [3.05, 3.63) is 33.7 Å². The predicted molar refractivity (Wildman–Crippen MR) is 103 cm³/mol. The zero-order valence-electron chi connectivity index (χ0n) is 16.7. The number of nitrogens with zero attached hydrogens (tertiary/aromatic N) is 3. The Kier molecular flexibility index (Phi) is 8.88. The van der Waals surface area contributed by atoms with Crippen molar-refractivity contribution in [3.8, 4) is 0 Å². The normalized spacial score (nSPS) is 26.4. The van der Waals surface area contributed by atoms with E-state index in [1.54, 1.807) is 24.5 Å². The molecule has 1 aliphatic rings. The summed E-state index contributed by atoms with van der Waals surface area (Å²) >= 11 is 1.57. The highest BCUT2D eigenvalue weighted by molar-refractivity contribution is 7.09. The van der Waals surface area contributed by atoms with Gasteiger partial charge >= 0.3 is 0 Å². The molecule has 2 aromatic heterocycles. The molecule has 0 radical (unpaired) electrons. The van der Waals surface area contributed by atoms with E-state index in [1.165, 1.54) is 0 Å². The van der Waals surface area contributed by atoms with Crippen LogP contribution in [0.4, 0.5) is 5.82 Å². The molecule has 5 unspecified atom stereocenters. The van der Waals surface area contributed by atoms with Gasteiger partial charge in [0.2, 0.25) is 5.51 Å². The molecule has 3 heterocycles. The third-order valence-electron chi connectivity index (χ3n) is 4.98. The second-order valence-electron chi connectivity index (χ2n) is 7.01. The van der Waals surface area contributed by atoms with Gasteiger partial charge in [0, 0.05) is 19.5 Å². The summed E-state index contributed by atoms with van der Waals surface area (Å²) in [4.78, 5) is 9.46. The van der Waals surface area contributed by atoms with Crippen molar-refractivity contribution >= 4 is 17.2 Å². The second kappa shape index (κ2) is 10.7. The van der Waals surface area contributed by atoms with Crippen molar-refractivity contribution in [3.63, 3.8) is 0 Å². The van der Waals surface area contributed by atoms with Gasteiger partial charge in [-0.15, -0.1) is 0 Å². The molecule has 1 fully saturated rings. The molecule has 1 saturated heterocycles. The summed E-state index contributed by atoms with van der Waals surface area (Å²) in [5, 5.41) is 38.9. The lowest BCUT2D eigenvalue weighted by molar-refractivity contribution is -0.689. The van der Waals surface area contributed by atoms with Crippen LogP contribution in [0.3, 0.4) is 0 Å². The molecule has 0 bridgehead atoms. The smallest absolute Gasteiger partial charge is 0.225 e. The van der Waals surface area contributed by atoms with E-state index in [4.69, 9.17) is 15.2 Å². The molecule has 2 aromatic rings. The van der Waals surface area contributed by atoms with E-state index in [1.807, 2.05) is 12.4 Å². The van der Waals surface area contributed by atoms with Crippen molar-refractivity contribution < 1.29 is 46.9 Å². The first-order chi connectivity index (χ1) is 13.8. The first kappa shape index (κ1) is 24.8. The van der Waals surface area contributed by atoms with Crippen molar-refractivity contribution in [2.75, 3.05) is 18.9 Å². The van der Waals surface area contributed by atoms with Crippen LogP contribution in [-0.4, -0.2) is 74.3 Å². The van der Waals surface area contributed by atoms with Crippen LogP contribution in [-0.2, 0) is 22.4 Å². The SMILES string of the molecule is Cc1ncc(C[n+]2csc(CCOC3OC(CO)C(O)C(O)C3O)c2C)c(N)n1.[Cl-]. The van der Waals surface area contributed by atoms with Gasteiger partial charge in [-0.05, 0) is 6.92 Å². The third kappa shape index (κ3) is 5.42. The van der Waals surface area contributed by atoms with Gasteiger partial charge in [0.1, 0.15) is 36.1 Å². The van der Waals surface area contributed by atoms with Gasteiger partial charge in [-0.25, -0.2) is 9.97 Å². The van der Waals surface area contributed by atoms with Crippen molar-refractivity contribution in [2.45, 2.75) is 57.5 Å². The van der Waals surface area contributed by atoms with Crippen LogP contribution in [0.1, 0.15) is 22.0 Å². The summed E-state index contributed by atoms with van der Waals surface area (Å²) in [7, 11) is 0. The Morgan fingerprint density at radius 1 is 1.23 bits per heavy atom. The maximum absolute atomic E-state index is 10.0. The summed E-state index contributed by atoms with van der Waals surface area (Å²) in [6.07, 6.45) is -4.05. The Hall–Kier alpha value is -1.44. The van der Waals surface area contributed by atoms with Crippen LogP contribution in [0.2, 0.25) is 0 Å². The number of aliphatic hydroxyl groups excluding tert-OH is 4. The largest absolute Gasteiger partial charge is 1.00 e. The molecule has 0 spiro atoms. The van der Waals surface area contributed by atoms with Crippen LogP contribution in [0.25, 0.3) is 0 Å². The van der Waals surface area contributed by atoms with Crippen LogP contribution in [0.15, 0.2) is 11.7 Å². The number of aryl methyl sites for hydroxylation is 1. The summed E-state index contributed by atoms with van der Waals surface area (Å²) in [6, 6.07) is 0. The van der Waals surface area contributed by atoms with Gasteiger partial charge in [-0.1, -0.05) is 11.3 Å². The Balaban J connectivity index is 0.00000320.